The van der Waals surface area contributed by atoms with E-state index in [2.05, 4.69) is 43.3 Å². The van der Waals surface area contributed by atoms with Crippen LogP contribution in [0.3, 0.4) is 0 Å². The van der Waals surface area contributed by atoms with Crippen molar-refractivity contribution in [2.24, 2.45) is 5.92 Å². The Hall–Kier alpha value is -2.09. The van der Waals surface area contributed by atoms with Gasteiger partial charge in [0.1, 0.15) is 5.75 Å². The van der Waals surface area contributed by atoms with Crippen molar-refractivity contribution in [3.8, 4) is 16.9 Å². The third kappa shape index (κ3) is 4.72. The zero-order chi connectivity index (χ0) is 17.5. The first-order chi connectivity index (χ1) is 12.3. The van der Waals surface area contributed by atoms with Gasteiger partial charge in [0.2, 0.25) is 0 Å². The van der Waals surface area contributed by atoms with Gasteiger partial charge in [0.25, 0.3) is 0 Å². The first kappa shape index (κ1) is 17.7. The second-order valence-electron chi connectivity index (χ2n) is 6.92. The Labute approximate surface area is 150 Å². The summed E-state index contributed by atoms with van der Waals surface area (Å²) in [6.45, 7) is 2.87. The molecular formula is C23H27FO. The Kier molecular flexibility index (Phi) is 6.27. The molecule has 1 fully saturated rings. The van der Waals surface area contributed by atoms with Gasteiger partial charge in [0, 0.05) is 0 Å². The molecule has 132 valence electrons. The molecule has 1 aliphatic rings. The maximum absolute atomic E-state index is 12.3. The van der Waals surface area contributed by atoms with Crippen molar-refractivity contribution < 1.29 is 9.13 Å². The van der Waals surface area contributed by atoms with Gasteiger partial charge in [-0.1, -0.05) is 49.4 Å². The van der Waals surface area contributed by atoms with Crippen LogP contribution in [0.25, 0.3) is 11.1 Å². The lowest BCUT2D eigenvalue weighted by Gasteiger charge is -2.27. The van der Waals surface area contributed by atoms with Gasteiger partial charge < -0.3 is 4.74 Å². The highest BCUT2D eigenvalue weighted by Gasteiger charge is 2.20. The summed E-state index contributed by atoms with van der Waals surface area (Å²) in [4.78, 5) is 0. The van der Waals surface area contributed by atoms with Gasteiger partial charge in [-0.05, 0) is 72.8 Å². The van der Waals surface area contributed by atoms with Crippen LogP contribution in [-0.2, 0) is 0 Å². The number of ether oxygens (including phenoxy) is 1. The van der Waals surface area contributed by atoms with Crippen LogP contribution >= 0.6 is 0 Å². The van der Waals surface area contributed by atoms with Gasteiger partial charge in [-0.25, -0.2) is 4.39 Å². The molecule has 0 amide bonds. The fourth-order valence-electron chi connectivity index (χ4n) is 3.66. The van der Waals surface area contributed by atoms with Gasteiger partial charge in [0.15, 0.2) is 0 Å². The molecule has 2 heteroatoms. The molecule has 0 spiro atoms. The summed E-state index contributed by atoms with van der Waals surface area (Å²) < 4.78 is 17.9. The van der Waals surface area contributed by atoms with Crippen LogP contribution < -0.4 is 4.74 Å². The first-order valence-electron chi connectivity index (χ1n) is 9.40. The van der Waals surface area contributed by atoms with E-state index in [-0.39, 0.29) is 0 Å². The van der Waals surface area contributed by atoms with Crippen molar-refractivity contribution in [1.29, 1.82) is 0 Å². The molecule has 25 heavy (non-hydrogen) atoms. The molecule has 0 unspecified atom stereocenters. The predicted molar refractivity (Wildman–Crippen MR) is 103 cm³/mol. The third-order valence-corrected chi connectivity index (χ3v) is 5.16. The molecular weight excluding hydrogens is 311 g/mol. The van der Waals surface area contributed by atoms with Crippen molar-refractivity contribution >= 4 is 0 Å². The standard InChI is InChI=1S/C23H27FO/c1-2-17-25-23-13-11-22(12-14-23)21-9-7-20(8-10-21)19-5-3-18(4-6-19)15-16-24/h7-16,18-19H,2-6,17H2,1H3/t18-,19-. The highest BCUT2D eigenvalue weighted by molar-refractivity contribution is 5.64. The summed E-state index contributed by atoms with van der Waals surface area (Å²) in [6.07, 6.45) is 7.93. The van der Waals surface area contributed by atoms with Gasteiger partial charge in [-0.3, -0.25) is 0 Å². The number of benzene rings is 2. The van der Waals surface area contributed by atoms with Crippen LogP contribution in [-0.4, -0.2) is 6.61 Å². The van der Waals surface area contributed by atoms with E-state index >= 15 is 0 Å². The van der Waals surface area contributed by atoms with E-state index in [0.29, 0.717) is 18.2 Å². The number of hydrogen-bond donors (Lipinski definition) is 0. The van der Waals surface area contributed by atoms with Gasteiger partial charge >= 0.3 is 0 Å². The second kappa shape index (κ2) is 8.84. The van der Waals surface area contributed by atoms with Crippen LogP contribution in [0.1, 0.15) is 50.5 Å². The summed E-state index contributed by atoms with van der Waals surface area (Å²) in [5.41, 5.74) is 3.86. The minimum absolute atomic E-state index is 0.425. The Morgan fingerprint density at radius 3 is 2.08 bits per heavy atom. The molecule has 0 bridgehead atoms. The lowest BCUT2D eigenvalue weighted by Crippen LogP contribution is -2.11. The first-order valence-corrected chi connectivity index (χ1v) is 9.40. The maximum atomic E-state index is 12.3. The minimum Gasteiger partial charge on any atom is -0.494 e. The Balaban J connectivity index is 1.62. The smallest absolute Gasteiger partial charge is 0.119 e. The largest absolute Gasteiger partial charge is 0.494 e. The Morgan fingerprint density at radius 2 is 1.52 bits per heavy atom. The molecule has 1 nitrogen and oxygen atoms in total. The molecule has 2 aromatic rings. The molecule has 0 radical (unpaired) electrons. The van der Waals surface area contributed by atoms with Crippen LogP contribution in [0, 0.1) is 5.92 Å². The van der Waals surface area contributed by atoms with E-state index in [1.54, 1.807) is 6.08 Å². The van der Waals surface area contributed by atoms with E-state index in [1.165, 1.54) is 16.7 Å². The zero-order valence-electron chi connectivity index (χ0n) is 15.0. The third-order valence-electron chi connectivity index (χ3n) is 5.16. The summed E-state index contributed by atoms with van der Waals surface area (Å²) in [5, 5.41) is 0. The van der Waals surface area contributed by atoms with Crippen LogP contribution in [0.5, 0.6) is 5.75 Å². The summed E-state index contributed by atoms with van der Waals surface area (Å²) >= 11 is 0. The van der Waals surface area contributed by atoms with Crippen molar-refractivity contribution in [2.45, 2.75) is 44.9 Å². The predicted octanol–water partition coefficient (Wildman–Crippen LogP) is 6.90. The molecule has 3 rings (SSSR count). The monoisotopic (exact) mass is 338 g/mol. The molecule has 1 saturated carbocycles. The van der Waals surface area contributed by atoms with Gasteiger partial charge in [-0.15, -0.1) is 0 Å². The van der Waals surface area contributed by atoms with E-state index in [0.717, 1.165) is 44.5 Å². The number of allylic oxidation sites excluding steroid dienone is 1. The van der Waals surface area contributed by atoms with Crippen LogP contribution in [0.15, 0.2) is 60.9 Å². The van der Waals surface area contributed by atoms with Crippen molar-refractivity contribution in [2.75, 3.05) is 6.61 Å². The molecule has 0 aromatic heterocycles. The SMILES string of the molecule is CCCOc1ccc(-c2ccc([C@H]3CC[C@H](C=CF)CC3)cc2)cc1. The number of halogens is 1. The Morgan fingerprint density at radius 1 is 0.920 bits per heavy atom. The summed E-state index contributed by atoms with van der Waals surface area (Å²) in [7, 11) is 0. The average Bonchev–Trinajstić information content (AvgIpc) is 2.68. The molecule has 0 saturated heterocycles. The van der Waals surface area contributed by atoms with E-state index < -0.39 is 0 Å². The lowest BCUT2D eigenvalue weighted by molar-refractivity contribution is 0.317. The molecule has 0 atom stereocenters. The normalized spacial score (nSPS) is 20.7. The summed E-state index contributed by atoms with van der Waals surface area (Å²) in [5.74, 6) is 1.97. The fourth-order valence-corrected chi connectivity index (χ4v) is 3.66. The summed E-state index contributed by atoms with van der Waals surface area (Å²) in [6, 6.07) is 17.3. The number of hydrogen-bond acceptors (Lipinski definition) is 1. The molecule has 0 aliphatic heterocycles. The molecule has 0 heterocycles. The Bertz CT molecular complexity index is 664. The van der Waals surface area contributed by atoms with E-state index in [1.807, 2.05) is 12.1 Å². The molecule has 0 N–H and O–H groups in total. The van der Waals surface area contributed by atoms with Crippen molar-refractivity contribution in [3.63, 3.8) is 0 Å². The van der Waals surface area contributed by atoms with Gasteiger partial charge in [0.05, 0.1) is 12.9 Å². The van der Waals surface area contributed by atoms with Crippen LogP contribution in [0.2, 0.25) is 0 Å². The highest BCUT2D eigenvalue weighted by Crippen LogP contribution is 2.37. The highest BCUT2D eigenvalue weighted by atomic mass is 19.1. The minimum atomic E-state index is 0.425. The topological polar surface area (TPSA) is 9.23 Å². The molecule has 2 aromatic carbocycles. The average molecular weight is 338 g/mol. The number of rotatable bonds is 6. The second-order valence-corrected chi connectivity index (χ2v) is 6.92. The van der Waals surface area contributed by atoms with E-state index in [9.17, 15) is 4.39 Å². The van der Waals surface area contributed by atoms with Crippen molar-refractivity contribution in [3.05, 3.63) is 66.5 Å². The fraction of sp³-hybridized carbons (Fsp3) is 0.391. The van der Waals surface area contributed by atoms with Crippen molar-refractivity contribution in [1.82, 2.24) is 0 Å². The maximum Gasteiger partial charge on any atom is 0.119 e. The lowest BCUT2D eigenvalue weighted by atomic mass is 9.78. The quantitative estimate of drug-likeness (QED) is 0.556. The van der Waals surface area contributed by atoms with Crippen LogP contribution in [0.4, 0.5) is 4.39 Å². The zero-order valence-corrected chi connectivity index (χ0v) is 15.0. The van der Waals surface area contributed by atoms with E-state index in [4.69, 9.17) is 4.74 Å². The van der Waals surface area contributed by atoms with Gasteiger partial charge in [-0.2, -0.15) is 0 Å². The molecule has 1 aliphatic carbocycles.